The number of ether oxygens (including phenoxy) is 1. The van der Waals surface area contributed by atoms with Gasteiger partial charge in [-0.15, -0.1) is 0 Å². The van der Waals surface area contributed by atoms with Crippen molar-refractivity contribution >= 4 is 9.84 Å². The highest BCUT2D eigenvalue weighted by molar-refractivity contribution is 7.91. The average molecular weight is 281 g/mol. The number of hydrogen-bond acceptors (Lipinski definition) is 4. The maximum Gasteiger partial charge on any atom is 0.150 e. The summed E-state index contributed by atoms with van der Waals surface area (Å²) in [4.78, 5) is 0. The van der Waals surface area contributed by atoms with Gasteiger partial charge in [-0.25, -0.2) is 8.42 Å². The Balaban J connectivity index is 2.33. The molecule has 0 saturated carbocycles. The Morgan fingerprint density at radius 1 is 1.26 bits per heavy atom. The highest BCUT2D eigenvalue weighted by Crippen LogP contribution is 2.12. The molecule has 1 aromatic rings. The first-order chi connectivity index (χ1) is 8.93. The quantitative estimate of drug-likeness (QED) is 0.720. The van der Waals surface area contributed by atoms with Gasteiger partial charge in [0.1, 0.15) is 5.75 Å². The summed E-state index contributed by atoms with van der Waals surface area (Å²) in [6, 6.07) is 8.79. The predicted octanol–water partition coefficient (Wildman–Crippen LogP) is 2.40. The van der Waals surface area contributed by atoms with Gasteiger partial charge in [0, 0.05) is 0 Å². The highest BCUT2D eigenvalue weighted by Gasteiger charge is 2.12. The summed E-state index contributed by atoms with van der Waals surface area (Å²) in [6.07, 6.45) is 0.481. The summed E-state index contributed by atoms with van der Waals surface area (Å²) in [5.41, 5.74) is 0.576. The molecule has 0 N–H and O–H groups in total. The minimum absolute atomic E-state index is 0.154. The van der Waals surface area contributed by atoms with Crippen LogP contribution in [0.2, 0.25) is 0 Å². The highest BCUT2D eigenvalue weighted by atomic mass is 32.2. The summed E-state index contributed by atoms with van der Waals surface area (Å²) in [5.74, 6) is 1.19. The third kappa shape index (κ3) is 6.25. The molecule has 0 saturated heterocycles. The molecule has 0 aliphatic carbocycles. The van der Waals surface area contributed by atoms with Crippen molar-refractivity contribution < 1.29 is 13.2 Å². The summed E-state index contributed by atoms with van der Waals surface area (Å²) in [6.45, 7) is 4.15. The van der Waals surface area contributed by atoms with Crippen LogP contribution < -0.4 is 4.74 Å². The lowest BCUT2D eigenvalue weighted by Crippen LogP contribution is -2.17. The van der Waals surface area contributed by atoms with Crippen LogP contribution in [-0.4, -0.2) is 26.5 Å². The zero-order chi connectivity index (χ0) is 14.3. The summed E-state index contributed by atoms with van der Waals surface area (Å²) < 4.78 is 28.7. The summed E-state index contributed by atoms with van der Waals surface area (Å²) in [7, 11) is -2.97. The molecule has 0 radical (unpaired) electrons. The maximum atomic E-state index is 11.6. The van der Waals surface area contributed by atoms with E-state index in [4.69, 9.17) is 10.00 Å². The Bertz CT molecular complexity index is 527. The fraction of sp³-hybridized carbons (Fsp3) is 0.500. The first kappa shape index (κ1) is 15.5. The molecule has 0 bridgehead atoms. The Morgan fingerprint density at radius 2 is 1.89 bits per heavy atom. The molecular formula is C14H19NO3S. The molecule has 0 aromatic heterocycles. The molecule has 0 heterocycles. The number of hydrogen-bond donors (Lipinski definition) is 0. The maximum absolute atomic E-state index is 11.6. The van der Waals surface area contributed by atoms with Crippen molar-refractivity contribution in [1.29, 1.82) is 5.26 Å². The van der Waals surface area contributed by atoms with Crippen molar-refractivity contribution in [3.05, 3.63) is 29.8 Å². The monoisotopic (exact) mass is 281 g/mol. The van der Waals surface area contributed by atoms with E-state index < -0.39 is 9.84 Å². The molecular weight excluding hydrogens is 262 g/mol. The van der Waals surface area contributed by atoms with Gasteiger partial charge in [-0.05, 0) is 36.6 Å². The summed E-state index contributed by atoms with van der Waals surface area (Å²) >= 11 is 0. The van der Waals surface area contributed by atoms with Crippen molar-refractivity contribution in [2.75, 3.05) is 18.1 Å². The van der Waals surface area contributed by atoms with E-state index in [9.17, 15) is 8.42 Å². The molecule has 0 unspecified atom stereocenters. The van der Waals surface area contributed by atoms with Crippen LogP contribution in [0.25, 0.3) is 0 Å². The summed E-state index contributed by atoms with van der Waals surface area (Å²) in [5, 5.41) is 8.65. The molecule has 0 atom stereocenters. The molecule has 5 heteroatoms. The van der Waals surface area contributed by atoms with E-state index in [2.05, 4.69) is 0 Å². The lowest BCUT2D eigenvalue weighted by molar-refractivity contribution is 0.317. The molecule has 19 heavy (non-hydrogen) atoms. The third-order valence-corrected chi connectivity index (χ3v) is 4.52. The van der Waals surface area contributed by atoms with Crippen LogP contribution in [0.5, 0.6) is 5.75 Å². The van der Waals surface area contributed by atoms with Crippen LogP contribution >= 0.6 is 0 Å². The van der Waals surface area contributed by atoms with Gasteiger partial charge in [-0.1, -0.05) is 13.8 Å². The Labute approximate surface area is 114 Å². The number of nitrogens with zero attached hydrogens (tertiary/aromatic N) is 1. The van der Waals surface area contributed by atoms with Gasteiger partial charge in [0.25, 0.3) is 0 Å². The lowest BCUT2D eigenvalue weighted by Gasteiger charge is -2.08. The molecule has 1 rings (SSSR count). The second-order valence-electron chi connectivity index (χ2n) is 4.85. The molecule has 4 nitrogen and oxygen atoms in total. The molecule has 104 valence electrons. The fourth-order valence-corrected chi connectivity index (χ4v) is 3.43. The van der Waals surface area contributed by atoms with Gasteiger partial charge in [0.15, 0.2) is 9.84 Å². The van der Waals surface area contributed by atoms with Crippen LogP contribution in [-0.2, 0) is 9.84 Å². The minimum atomic E-state index is -2.97. The van der Waals surface area contributed by atoms with Gasteiger partial charge >= 0.3 is 0 Å². The van der Waals surface area contributed by atoms with Crippen LogP contribution in [0, 0.1) is 17.2 Å². The molecule has 1 aromatic carbocycles. The topological polar surface area (TPSA) is 67.2 Å². The van der Waals surface area contributed by atoms with Crippen molar-refractivity contribution in [2.24, 2.45) is 5.92 Å². The first-order valence-electron chi connectivity index (χ1n) is 6.26. The minimum Gasteiger partial charge on any atom is -0.494 e. The smallest absolute Gasteiger partial charge is 0.150 e. The second kappa shape index (κ2) is 7.15. The average Bonchev–Trinajstić information content (AvgIpc) is 2.34. The Morgan fingerprint density at radius 3 is 2.42 bits per heavy atom. The van der Waals surface area contributed by atoms with E-state index >= 15 is 0 Å². The predicted molar refractivity (Wildman–Crippen MR) is 74.8 cm³/mol. The van der Waals surface area contributed by atoms with Crippen molar-refractivity contribution in [3.63, 3.8) is 0 Å². The van der Waals surface area contributed by atoms with Gasteiger partial charge in [-0.2, -0.15) is 5.26 Å². The van der Waals surface area contributed by atoms with Gasteiger partial charge < -0.3 is 4.74 Å². The van der Waals surface area contributed by atoms with E-state index in [1.54, 1.807) is 24.3 Å². The number of nitriles is 1. The molecule has 0 aliphatic rings. The van der Waals surface area contributed by atoms with Crippen LogP contribution in [0.15, 0.2) is 24.3 Å². The Kier molecular flexibility index (Phi) is 5.84. The first-order valence-corrected chi connectivity index (χ1v) is 8.08. The standard InChI is InChI=1S/C14H19NO3S/c1-12(2)11-19(16,17)9-3-8-18-14-6-4-13(10-15)5-7-14/h4-7,12H,3,8-9,11H2,1-2H3. The van der Waals surface area contributed by atoms with Crippen molar-refractivity contribution in [1.82, 2.24) is 0 Å². The number of sulfone groups is 1. The lowest BCUT2D eigenvalue weighted by atomic mass is 10.2. The third-order valence-electron chi connectivity index (χ3n) is 2.44. The SMILES string of the molecule is CC(C)CS(=O)(=O)CCCOc1ccc(C#N)cc1. The van der Waals surface area contributed by atoms with E-state index in [-0.39, 0.29) is 17.4 Å². The number of rotatable bonds is 7. The van der Waals surface area contributed by atoms with E-state index in [0.717, 1.165) is 0 Å². The molecule has 0 fully saturated rings. The van der Waals surface area contributed by atoms with Gasteiger partial charge in [0.05, 0.1) is 29.7 Å². The van der Waals surface area contributed by atoms with E-state index in [1.807, 2.05) is 19.9 Å². The molecule has 0 aliphatic heterocycles. The number of benzene rings is 1. The van der Waals surface area contributed by atoms with Crippen molar-refractivity contribution in [2.45, 2.75) is 20.3 Å². The largest absolute Gasteiger partial charge is 0.494 e. The second-order valence-corrected chi connectivity index (χ2v) is 7.08. The Hall–Kier alpha value is -1.54. The van der Waals surface area contributed by atoms with Crippen molar-refractivity contribution in [3.8, 4) is 11.8 Å². The van der Waals surface area contributed by atoms with Crippen LogP contribution in [0.3, 0.4) is 0 Å². The van der Waals surface area contributed by atoms with Gasteiger partial charge in [0.2, 0.25) is 0 Å². The van der Waals surface area contributed by atoms with E-state index in [1.165, 1.54) is 0 Å². The van der Waals surface area contributed by atoms with E-state index in [0.29, 0.717) is 24.3 Å². The zero-order valence-electron chi connectivity index (χ0n) is 11.3. The fourth-order valence-electron chi connectivity index (χ4n) is 1.69. The zero-order valence-corrected chi connectivity index (χ0v) is 12.1. The molecule has 0 spiro atoms. The van der Waals surface area contributed by atoms with Gasteiger partial charge in [-0.3, -0.25) is 0 Å². The van der Waals surface area contributed by atoms with Crippen LogP contribution in [0.4, 0.5) is 0 Å². The molecule has 0 amide bonds. The van der Waals surface area contributed by atoms with Crippen LogP contribution in [0.1, 0.15) is 25.8 Å². The normalized spacial score (nSPS) is 11.3.